The van der Waals surface area contributed by atoms with E-state index >= 15 is 0 Å². The number of aryl methyl sites for hydroxylation is 1. The number of morpholine rings is 1. The lowest BCUT2D eigenvalue weighted by Gasteiger charge is -2.34. The molecule has 3 unspecified atom stereocenters. The average molecular weight is 1270 g/mol. The Balaban J connectivity index is 0.000000137. The second-order valence-electron chi connectivity index (χ2n) is 23.0. The van der Waals surface area contributed by atoms with Crippen molar-refractivity contribution < 1.29 is 17.3 Å². The Morgan fingerprint density at radius 3 is 2.33 bits per heavy atom. The molecular weight excluding hydrogens is 1190 g/mol. The normalized spacial score (nSPS) is 22.0. The number of piperidine rings is 1. The number of halogens is 2. The molecule has 2 aromatic heterocycles. The predicted octanol–water partition coefficient (Wildman–Crippen LogP) is 10.5. The van der Waals surface area contributed by atoms with E-state index in [0.717, 1.165) is 150 Å². The molecule has 4 saturated heterocycles. The van der Waals surface area contributed by atoms with Crippen LogP contribution in [0.25, 0.3) is 27.0 Å². The Hall–Kier alpha value is -3.99. The number of benzene rings is 3. The van der Waals surface area contributed by atoms with Crippen molar-refractivity contribution in [2.45, 2.75) is 137 Å². The molecule has 6 N–H and O–H groups in total. The van der Waals surface area contributed by atoms with Crippen LogP contribution in [-0.2, 0) is 22.8 Å². The summed E-state index contributed by atoms with van der Waals surface area (Å²) in [6, 6.07) is 21.7. The van der Waals surface area contributed by atoms with Crippen LogP contribution < -0.4 is 27.8 Å². The molecule has 7 aliphatic rings. The number of rotatable bonds is 12. The summed E-state index contributed by atoms with van der Waals surface area (Å²) >= 11 is 4.09. The Morgan fingerprint density at radius 1 is 0.924 bits per heavy atom. The number of thiazole rings is 1. The lowest BCUT2D eigenvalue weighted by molar-refractivity contribution is -0.123. The number of carbonyl (C=O) groups excluding carboxylic acids is 1. The van der Waals surface area contributed by atoms with Gasteiger partial charge in [-0.25, -0.2) is 10.8 Å². The molecule has 12 rings (SSSR count). The number of likely N-dealkylation sites (tertiary alicyclic amines) is 1. The molecule has 0 bridgehead atoms. The van der Waals surface area contributed by atoms with E-state index in [-0.39, 0.29) is 33.0 Å². The van der Waals surface area contributed by atoms with Crippen molar-refractivity contribution in [1.29, 1.82) is 0 Å². The Labute approximate surface area is 489 Å². The van der Waals surface area contributed by atoms with Crippen molar-refractivity contribution in [3.63, 3.8) is 0 Å². The minimum atomic E-state index is -1.18. The first kappa shape index (κ1) is 58.2. The van der Waals surface area contributed by atoms with Gasteiger partial charge in [-0.05, 0) is 172 Å². The van der Waals surface area contributed by atoms with Gasteiger partial charge >= 0.3 is 0 Å². The van der Waals surface area contributed by atoms with Crippen LogP contribution in [-0.4, -0.2) is 118 Å². The standard InChI is InChI=1S/C26H28BrN3O.C21H28N4O2S.C14H26IN3O2/c1-29-14-10-17(11-15-29)18-8-9-19-22(16-18)30-21-7-5-6-20(27)23(21)24(31)28-25(30)26(19)12-3-2-4-13-26;1-15-20(28-14-23-15)17-6-4-16(5-7-17)19(13-25-9-11-27-12-10-25)24-21(26)18-3-2-8-22-18;16-13(11-4-2-1-3-5-11)10-18(17)14(15-19)12-6-8-20-9-7-12/h5-9,16-17H,2-4,10-15H2,1H3;4-7,14,18-19,22H,2-3,8-13H2,1H3,(H,24,26);10-12,14H,1-9,16-17H2/b;;13-10-. The number of amides is 1. The number of hydrazine groups is 1. The molecule has 79 heavy (non-hydrogen) atoms. The van der Waals surface area contributed by atoms with E-state index in [4.69, 9.17) is 26.0 Å². The number of fused-ring (bicyclic) bond motifs is 7. The van der Waals surface area contributed by atoms with Gasteiger partial charge in [0.15, 0.2) is 21.2 Å². The van der Waals surface area contributed by atoms with Gasteiger partial charge in [0, 0.05) is 49.2 Å². The summed E-state index contributed by atoms with van der Waals surface area (Å²) in [5, 5.41) is 8.91. The first-order chi connectivity index (χ1) is 38.5. The Kier molecular flexibility index (Phi) is 20.2. The van der Waals surface area contributed by atoms with E-state index in [1.165, 1.54) is 78.6 Å². The molecule has 15 nitrogen and oxygen atoms in total. The van der Waals surface area contributed by atoms with Gasteiger partial charge in [-0.3, -0.25) is 22.1 Å². The summed E-state index contributed by atoms with van der Waals surface area (Å²) < 4.78 is 25.5. The minimum absolute atomic E-state index is 0.0235. The third kappa shape index (κ3) is 13.6. The van der Waals surface area contributed by atoms with Crippen molar-refractivity contribution in [1.82, 2.24) is 40.0 Å². The van der Waals surface area contributed by atoms with Crippen molar-refractivity contribution in [3.8, 4) is 16.1 Å². The Morgan fingerprint density at radius 2 is 1.65 bits per heavy atom. The number of alkyl halides is 1. The molecule has 1 spiro atoms. The maximum Gasteiger partial charge on any atom is 0.281 e. The highest BCUT2D eigenvalue weighted by molar-refractivity contribution is 14.1. The number of aromatic nitrogens is 3. The van der Waals surface area contributed by atoms with Crippen molar-refractivity contribution in [2.24, 2.45) is 23.4 Å². The molecule has 5 aliphatic heterocycles. The highest BCUT2D eigenvalue weighted by Gasteiger charge is 2.47. The van der Waals surface area contributed by atoms with E-state index in [2.05, 4.69) is 101 Å². The largest absolute Gasteiger partial charge is 0.401 e. The number of carbonyl (C=O) groups is 1. The lowest BCUT2D eigenvalue weighted by Crippen LogP contribution is -2.47. The number of hydrogen-bond donors (Lipinski definition) is 4. The van der Waals surface area contributed by atoms with Crippen LogP contribution in [0.15, 0.2) is 87.3 Å². The van der Waals surface area contributed by atoms with Gasteiger partial charge in [-0.2, -0.15) is 4.98 Å². The number of hydrogen-bond acceptors (Lipinski definition) is 14. The summed E-state index contributed by atoms with van der Waals surface area (Å²) in [7, 11) is 2.22. The third-order valence-corrected chi connectivity index (χ3v) is 21.8. The summed E-state index contributed by atoms with van der Waals surface area (Å²) in [4.78, 5) is 41.0. The molecule has 5 aromatic rings. The van der Waals surface area contributed by atoms with E-state index in [1.54, 1.807) is 16.3 Å². The topological polar surface area (TPSA) is 186 Å². The van der Waals surface area contributed by atoms with Gasteiger partial charge in [0.2, 0.25) is 5.91 Å². The first-order valence-corrected chi connectivity index (χ1v) is 33.0. The number of ether oxygens (including phenoxy) is 2. The third-order valence-electron chi connectivity index (χ3n) is 17.9. The van der Waals surface area contributed by atoms with E-state index in [0.29, 0.717) is 23.1 Å². The molecule has 3 aromatic carbocycles. The van der Waals surface area contributed by atoms with Crippen LogP contribution >= 0.6 is 48.5 Å². The second kappa shape index (κ2) is 27.4. The van der Waals surface area contributed by atoms with Crippen LogP contribution in [0.4, 0.5) is 0 Å². The zero-order valence-electron chi connectivity index (χ0n) is 46.3. The van der Waals surface area contributed by atoms with Crippen molar-refractivity contribution in [2.75, 3.05) is 72.7 Å². The zero-order valence-corrected chi connectivity index (χ0v) is 50.9. The van der Waals surface area contributed by atoms with Gasteiger partial charge < -0.3 is 35.7 Å². The summed E-state index contributed by atoms with van der Waals surface area (Å²) in [6.45, 7) is 10.9. The summed E-state index contributed by atoms with van der Waals surface area (Å²) in [5.74, 6) is 8.64. The quantitative estimate of drug-likeness (QED) is 0.0304. The number of nitrogens with two attached hydrogens (primary N) is 2. The second-order valence-corrected chi connectivity index (χ2v) is 26.5. The van der Waals surface area contributed by atoms with Crippen molar-refractivity contribution >= 4 is 65.3 Å². The van der Waals surface area contributed by atoms with Gasteiger partial charge in [0.25, 0.3) is 5.56 Å². The first-order valence-electron chi connectivity index (χ1n) is 29.2. The zero-order chi connectivity index (χ0) is 54.9. The van der Waals surface area contributed by atoms with Gasteiger partial charge in [0.1, 0.15) is 9.87 Å². The summed E-state index contributed by atoms with van der Waals surface area (Å²) in [5.41, 5.74) is 17.1. The fourth-order valence-corrected chi connectivity index (χ4v) is 16.2. The molecule has 18 heteroatoms. The van der Waals surface area contributed by atoms with E-state index in [9.17, 15) is 12.7 Å². The molecule has 3 atom stereocenters. The monoisotopic (exact) mass is 1270 g/mol. The SMILES string of the molecule is CN1CCC(c2ccc3c(c2)-n2c(nc(=O)c4c(Br)cccc42)C32CCCCC2)CC1.Cc1ncsc1-c1ccc(C(CN2CCOCC2)NC(=O)C2CCCN2)cc1.N/C(=C\N(N)C(I=O)C1CCOCC1)C1CCCCC1. The highest BCUT2D eigenvalue weighted by atomic mass is 127. The Bertz CT molecular complexity index is 2940. The average Bonchev–Trinajstić information content (AvgIpc) is 3.97. The fourth-order valence-electron chi connectivity index (χ4n) is 13.3. The fraction of sp³-hybridized carbons (Fsp3) is 0.574. The molecule has 2 aliphatic carbocycles. The van der Waals surface area contributed by atoms with Gasteiger partial charge in [0.05, 0.1) is 63.4 Å². The van der Waals surface area contributed by atoms with Gasteiger partial charge in [-0.15, -0.1) is 11.3 Å². The van der Waals surface area contributed by atoms with E-state index in [1.807, 2.05) is 30.8 Å². The lowest BCUT2D eigenvalue weighted by atomic mass is 9.69. The molecule has 2 saturated carbocycles. The summed E-state index contributed by atoms with van der Waals surface area (Å²) in [6.07, 6.45) is 20.1. The highest BCUT2D eigenvalue weighted by Crippen LogP contribution is 2.52. The van der Waals surface area contributed by atoms with Crippen LogP contribution in [0.1, 0.15) is 143 Å². The van der Waals surface area contributed by atoms with Crippen LogP contribution in [0.3, 0.4) is 0 Å². The van der Waals surface area contributed by atoms with Crippen LogP contribution in [0.5, 0.6) is 0 Å². The van der Waals surface area contributed by atoms with E-state index < -0.39 is 21.2 Å². The number of nitrogens with zero attached hydrogens (tertiary/aromatic N) is 6. The van der Waals surface area contributed by atoms with Crippen molar-refractivity contribution in [3.05, 3.63) is 121 Å². The molecule has 1 amide bonds. The van der Waals surface area contributed by atoms with Gasteiger partial charge in [-0.1, -0.05) is 81.0 Å². The smallest absolute Gasteiger partial charge is 0.281 e. The maximum atomic E-state index is 13.1. The minimum Gasteiger partial charge on any atom is -0.401 e. The number of nitrogens with one attached hydrogen (secondary N) is 2. The number of allylic oxidation sites excluding steroid dienone is 1. The molecule has 6 fully saturated rings. The van der Waals surface area contributed by atoms with Crippen LogP contribution in [0, 0.1) is 18.8 Å². The molecule has 426 valence electrons. The predicted molar refractivity (Wildman–Crippen MR) is 327 cm³/mol. The molecular formula is C61H82BrIN10O5S. The molecule has 0 radical (unpaired) electrons. The maximum absolute atomic E-state index is 13.1. The van der Waals surface area contributed by atoms with Crippen LogP contribution in [0.2, 0.25) is 0 Å². The molecule has 7 heterocycles.